The normalized spacial score (nSPS) is 35.5. The summed E-state index contributed by atoms with van der Waals surface area (Å²) in [5.74, 6) is 3.20. The summed E-state index contributed by atoms with van der Waals surface area (Å²) in [4.78, 5) is 15.8. The van der Waals surface area contributed by atoms with Gasteiger partial charge in [-0.05, 0) is 38.0 Å². The van der Waals surface area contributed by atoms with Gasteiger partial charge in [0, 0.05) is 30.4 Å². The van der Waals surface area contributed by atoms with Gasteiger partial charge in [0.1, 0.15) is 5.54 Å². The maximum Gasteiger partial charge on any atom is 0.185 e. The number of aliphatic hydroxyl groups is 2. The van der Waals surface area contributed by atoms with Gasteiger partial charge in [0.2, 0.25) is 0 Å². The lowest BCUT2D eigenvalue weighted by Crippen LogP contribution is -2.27. The number of hydrogen-bond acceptors (Lipinski definition) is 4. The van der Waals surface area contributed by atoms with Crippen LogP contribution in [0.5, 0.6) is 0 Å². The molecule has 0 aromatic carbocycles. The molecule has 2 fully saturated rings. The number of hydrogen-bond donors (Lipinski definition) is 3. The lowest BCUT2D eigenvalue weighted by Gasteiger charge is -2.22. The Balaban J connectivity index is 1.66. The van der Waals surface area contributed by atoms with Crippen molar-refractivity contribution >= 4 is 23.5 Å². The van der Waals surface area contributed by atoms with Crippen LogP contribution < -0.4 is 0 Å². The Hall–Kier alpha value is -1.09. The van der Waals surface area contributed by atoms with E-state index in [-0.39, 0.29) is 17.0 Å². The third-order valence-electron chi connectivity index (χ3n) is 6.38. The molecule has 3 aliphatic rings. The van der Waals surface area contributed by atoms with Gasteiger partial charge in [-0.3, -0.25) is 9.79 Å². The van der Waals surface area contributed by atoms with Gasteiger partial charge in [0.15, 0.2) is 5.12 Å². The highest BCUT2D eigenvalue weighted by Crippen LogP contribution is 2.50. The number of fused-ring (bicyclic) bond motifs is 1. The average molecular weight is 376 g/mol. The maximum absolute atomic E-state index is 11.0. The average Bonchev–Trinajstić information content (AvgIpc) is 3.28. The monoisotopic (exact) mass is 375 g/mol. The van der Waals surface area contributed by atoms with Crippen molar-refractivity contribution in [3.63, 3.8) is 0 Å². The van der Waals surface area contributed by atoms with Gasteiger partial charge < -0.3 is 10.2 Å². The minimum Gasteiger partial charge on any atom is -0.392 e. The summed E-state index contributed by atoms with van der Waals surface area (Å²) >= 11 is 3.81. The quantitative estimate of drug-likeness (QED) is 0.364. The second-order valence-electron chi connectivity index (χ2n) is 8.07. The molecule has 5 atom stereocenters. The number of aliphatic hydroxyl groups excluding tert-OH is 2. The molecule has 0 amide bonds. The lowest BCUT2D eigenvalue weighted by atomic mass is 9.82. The fourth-order valence-electron chi connectivity index (χ4n) is 4.97. The molecule has 0 radical (unpaired) electrons. The number of carbonyl (C=O) groups is 1. The third kappa shape index (κ3) is 4.08. The van der Waals surface area contributed by atoms with Crippen molar-refractivity contribution in [3.8, 4) is 12.3 Å². The molecule has 3 rings (SSSR count). The molecule has 2 aliphatic carbocycles. The predicted molar refractivity (Wildman–Crippen MR) is 106 cm³/mol. The zero-order valence-electron chi connectivity index (χ0n) is 15.2. The number of carbonyl (C=O) groups excluding carboxylic acids is 1. The van der Waals surface area contributed by atoms with Crippen molar-refractivity contribution < 1.29 is 15.0 Å². The number of rotatable bonds is 7. The van der Waals surface area contributed by atoms with E-state index in [1.54, 1.807) is 0 Å². The van der Waals surface area contributed by atoms with Crippen LogP contribution >= 0.6 is 12.6 Å². The molecule has 0 spiro atoms. The minimum absolute atomic E-state index is 0.0742. The highest BCUT2D eigenvalue weighted by molar-refractivity contribution is 7.96. The lowest BCUT2D eigenvalue weighted by molar-refractivity contribution is -0.110. The summed E-state index contributed by atoms with van der Waals surface area (Å²) < 4.78 is 0. The van der Waals surface area contributed by atoms with Crippen molar-refractivity contribution in [2.24, 2.45) is 22.7 Å². The first kappa shape index (κ1) is 19.7. The molecule has 0 aromatic rings. The molecule has 26 heavy (non-hydrogen) atoms. The van der Waals surface area contributed by atoms with Crippen LogP contribution in [0.3, 0.4) is 0 Å². The van der Waals surface area contributed by atoms with E-state index in [2.05, 4.69) is 18.5 Å². The van der Waals surface area contributed by atoms with E-state index in [0.29, 0.717) is 18.8 Å². The number of nitrogens with zero attached hydrogens (tertiary/aromatic N) is 1. The van der Waals surface area contributed by atoms with Crippen LogP contribution in [0.4, 0.5) is 0 Å². The van der Waals surface area contributed by atoms with Crippen LogP contribution in [0.2, 0.25) is 0 Å². The molecular formula is C21H29NO3S. The van der Waals surface area contributed by atoms with Crippen LogP contribution in [-0.2, 0) is 4.79 Å². The molecule has 1 heterocycles. The summed E-state index contributed by atoms with van der Waals surface area (Å²) in [7, 11) is 0. The van der Waals surface area contributed by atoms with Crippen molar-refractivity contribution in [2.45, 2.75) is 75.5 Å². The van der Waals surface area contributed by atoms with Gasteiger partial charge in [0.25, 0.3) is 0 Å². The second kappa shape index (κ2) is 8.29. The predicted octanol–water partition coefficient (Wildman–Crippen LogP) is 2.93. The molecule has 0 bridgehead atoms. The molecule has 0 aromatic heterocycles. The first-order valence-corrected chi connectivity index (χ1v) is 10.2. The first-order valence-electron chi connectivity index (χ1n) is 9.77. The number of thiol groups is 1. The maximum atomic E-state index is 11.0. The van der Waals surface area contributed by atoms with Gasteiger partial charge in [-0.2, -0.15) is 0 Å². The SMILES string of the molecule is C#CC12CC(O)C(/C=C/C(O)C3CCCC3)C1CC(CCCC(=O)S)=N2. The molecule has 4 nitrogen and oxygen atoms in total. The van der Waals surface area contributed by atoms with Gasteiger partial charge in [-0.25, -0.2) is 0 Å². The summed E-state index contributed by atoms with van der Waals surface area (Å²) in [6.45, 7) is 0. The summed E-state index contributed by atoms with van der Waals surface area (Å²) in [6.07, 6.45) is 16.4. The Morgan fingerprint density at radius 2 is 2.19 bits per heavy atom. The smallest absolute Gasteiger partial charge is 0.185 e. The molecule has 142 valence electrons. The molecule has 2 saturated carbocycles. The van der Waals surface area contributed by atoms with E-state index in [1.807, 2.05) is 12.2 Å². The standard InChI is InChI=1S/C21H29NO3S/c1-2-21-13-19(24)16(10-11-18(23)14-6-3-4-7-14)17(21)12-15(22-21)8-5-9-20(25)26/h1,10-11,14,16-19,23-24H,3-9,12-13H2,(H,25,26)/b11-10+. The van der Waals surface area contributed by atoms with E-state index in [0.717, 1.165) is 37.8 Å². The minimum atomic E-state index is -0.632. The molecule has 0 saturated heterocycles. The Labute approximate surface area is 161 Å². The van der Waals surface area contributed by atoms with Gasteiger partial charge in [-0.1, -0.05) is 30.9 Å². The van der Waals surface area contributed by atoms with Crippen molar-refractivity contribution in [2.75, 3.05) is 0 Å². The van der Waals surface area contributed by atoms with E-state index < -0.39 is 17.7 Å². The number of terminal acetylenes is 1. The fraction of sp³-hybridized carbons (Fsp3) is 0.714. The van der Waals surface area contributed by atoms with Crippen molar-refractivity contribution in [1.29, 1.82) is 0 Å². The van der Waals surface area contributed by atoms with E-state index >= 15 is 0 Å². The molecule has 5 unspecified atom stereocenters. The van der Waals surface area contributed by atoms with E-state index in [4.69, 9.17) is 11.4 Å². The number of aliphatic imine (C=N–C) groups is 1. The van der Waals surface area contributed by atoms with Gasteiger partial charge in [0.05, 0.1) is 12.2 Å². The Morgan fingerprint density at radius 1 is 1.46 bits per heavy atom. The summed E-state index contributed by atoms with van der Waals surface area (Å²) in [5, 5.41) is 20.8. The van der Waals surface area contributed by atoms with Crippen molar-refractivity contribution in [1.82, 2.24) is 0 Å². The third-order valence-corrected chi connectivity index (χ3v) is 6.60. The Morgan fingerprint density at radius 3 is 2.85 bits per heavy atom. The Bertz CT molecular complexity index is 632. The van der Waals surface area contributed by atoms with Gasteiger partial charge >= 0.3 is 0 Å². The topological polar surface area (TPSA) is 69.9 Å². The van der Waals surface area contributed by atoms with Crippen LogP contribution in [-0.4, -0.2) is 38.8 Å². The van der Waals surface area contributed by atoms with E-state index in [1.165, 1.54) is 12.8 Å². The zero-order valence-corrected chi connectivity index (χ0v) is 16.1. The molecular weight excluding hydrogens is 346 g/mol. The fourth-order valence-corrected chi connectivity index (χ4v) is 5.13. The summed E-state index contributed by atoms with van der Waals surface area (Å²) in [5.41, 5.74) is 0.414. The Kier molecular flexibility index (Phi) is 6.27. The zero-order chi connectivity index (χ0) is 18.7. The largest absolute Gasteiger partial charge is 0.392 e. The summed E-state index contributed by atoms with van der Waals surface area (Å²) in [6, 6.07) is 0. The highest BCUT2D eigenvalue weighted by Gasteiger charge is 2.54. The van der Waals surface area contributed by atoms with Crippen molar-refractivity contribution in [3.05, 3.63) is 12.2 Å². The van der Waals surface area contributed by atoms with E-state index in [9.17, 15) is 15.0 Å². The van der Waals surface area contributed by atoms with Crippen LogP contribution in [0.15, 0.2) is 17.1 Å². The highest BCUT2D eigenvalue weighted by atomic mass is 32.1. The molecule has 1 aliphatic heterocycles. The van der Waals surface area contributed by atoms with Crippen LogP contribution in [0.1, 0.15) is 57.8 Å². The molecule has 5 heteroatoms. The van der Waals surface area contributed by atoms with Crippen LogP contribution in [0.25, 0.3) is 0 Å². The second-order valence-corrected chi connectivity index (χ2v) is 8.57. The van der Waals surface area contributed by atoms with Gasteiger partial charge in [-0.15, -0.1) is 19.1 Å². The van der Waals surface area contributed by atoms with Crippen LogP contribution in [0, 0.1) is 30.1 Å². The molecule has 2 N–H and O–H groups in total. The first-order chi connectivity index (χ1) is 12.4.